The first-order chi connectivity index (χ1) is 5.29. The molecule has 0 radical (unpaired) electrons. The molecule has 0 aliphatic heterocycles. The summed E-state index contributed by atoms with van der Waals surface area (Å²) in [6.07, 6.45) is 6.17. The highest BCUT2D eigenvalue weighted by molar-refractivity contribution is 5.03. The molecule has 2 aliphatic rings. The Morgan fingerprint density at radius 2 is 1.36 bits per heavy atom. The van der Waals surface area contributed by atoms with Crippen molar-refractivity contribution in [1.29, 1.82) is 0 Å². The molecule has 2 aliphatic carbocycles. The summed E-state index contributed by atoms with van der Waals surface area (Å²) in [5.41, 5.74) is 0. The fourth-order valence-electron chi connectivity index (χ4n) is 2.34. The van der Waals surface area contributed by atoms with Crippen molar-refractivity contribution in [2.24, 2.45) is 11.8 Å². The maximum atomic E-state index is 9.50. The number of fused-ring (bicyclic) bond motifs is 1. The SMILES string of the molecule is OC1CC(O)C2CC=CCC12. The van der Waals surface area contributed by atoms with Gasteiger partial charge in [0.25, 0.3) is 0 Å². The van der Waals surface area contributed by atoms with Gasteiger partial charge in [0, 0.05) is 0 Å². The van der Waals surface area contributed by atoms with Crippen LogP contribution in [-0.4, -0.2) is 22.4 Å². The van der Waals surface area contributed by atoms with Crippen LogP contribution in [0.3, 0.4) is 0 Å². The van der Waals surface area contributed by atoms with E-state index in [9.17, 15) is 10.2 Å². The molecule has 1 fully saturated rings. The first-order valence-electron chi connectivity index (χ1n) is 4.30. The third-order valence-corrected chi connectivity index (χ3v) is 3.00. The van der Waals surface area contributed by atoms with E-state index < -0.39 is 0 Å². The highest BCUT2D eigenvalue weighted by Gasteiger charge is 2.41. The van der Waals surface area contributed by atoms with Crippen molar-refractivity contribution in [2.45, 2.75) is 31.5 Å². The van der Waals surface area contributed by atoms with Gasteiger partial charge in [0.2, 0.25) is 0 Å². The van der Waals surface area contributed by atoms with E-state index in [1.807, 2.05) is 0 Å². The van der Waals surface area contributed by atoms with Crippen LogP contribution in [0.5, 0.6) is 0 Å². The molecule has 0 aromatic rings. The first kappa shape index (κ1) is 7.32. The van der Waals surface area contributed by atoms with Gasteiger partial charge < -0.3 is 10.2 Å². The van der Waals surface area contributed by atoms with Crippen LogP contribution in [0.25, 0.3) is 0 Å². The van der Waals surface area contributed by atoms with Gasteiger partial charge in [-0.05, 0) is 31.1 Å². The van der Waals surface area contributed by atoms with Crippen LogP contribution in [0.1, 0.15) is 19.3 Å². The molecule has 62 valence electrons. The smallest absolute Gasteiger partial charge is 0.0599 e. The lowest BCUT2D eigenvalue weighted by molar-refractivity contribution is 0.113. The minimum absolute atomic E-state index is 0.264. The Bertz CT molecular complexity index is 158. The van der Waals surface area contributed by atoms with Crippen LogP contribution in [0.15, 0.2) is 12.2 Å². The van der Waals surface area contributed by atoms with E-state index in [-0.39, 0.29) is 12.2 Å². The Kier molecular flexibility index (Phi) is 1.74. The Hall–Kier alpha value is -0.340. The molecule has 4 atom stereocenters. The summed E-state index contributed by atoms with van der Waals surface area (Å²) in [4.78, 5) is 0. The Morgan fingerprint density at radius 1 is 0.909 bits per heavy atom. The Balaban J connectivity index is 2.14. The number of hydrogen-bond donors (Lipinski definition) is 2. The molecular weight excluding hydrogens is 140 g/mol. The number of aliphatic hydroxyl groups excluding tert-OH is 2. The topological polar surface area (TPSA) is 40.5 Å². The van der Waals surface area contributed by atoms with Gasteiger partial charge in [-0.3, -0.25) is 0 Å². The van der Waals surface area contributed by atoms with Crippen molar-refractivity contribution in [3.05, 3.63) is 12.2 Å². The molecule has 2 nitrogen and oxygen atoms in total. The first-order valence-corrected chi connectivity index (χ1v) is 4.30. The second-order valence-electron chi connectivity index (χ2n) is 3.64. The van der Waals surface area contributed by atoms with Gasteiger partial charge in [-0.25, -0.2) is 0 Å². The molecule has 0 spiro atoms. The molecule has 4 unspecified atom stereocenters. The van der Waals surface area contributed by atoms with Crippen molar-refractivity contribution in [2.75, 3.05) is 0 Å². The van der Waals surface area contributed by atoms with Crippen molar-refractivity contribution >= 4 is 0 Å². The summed E-state index contributed by atoms with van der Waals surface area (Å²) in [6, 6.07) is 0. The zero-order valence-corrected chi connectivity index (χ0v) is 6.48. The molecule has 0 aromatic heterocycles. The van der Waals surface area contributed by atoms with Crippen LogP contribution >= 0.6 is 0 Å². The van der Waals surface area contributed by atoms with E-state index in [0.717, 1.165) is 12.8 Å². The van der Waals surface area contributed by atoms with E-state index >= 15 is 0 Å². The fraction of sp³-hybridized carbons (Fsp3) is 0.778. The highest BCUT2D eigenvalue weighted by Crippen LogP contribution is 2.39. The van der Waals surface area contributed by atoms with E-state index in [4.69, 9.17) is 0 Å². The van der Waals surface area contributed by atoms with Gasteiger partial charge in [-0.1, -0.05) is 12.2 Å². The maximum Gasteiger partial charge on any atom is 0.0599 e. The van der Waals surface area contributed by atoms with Crippen LogP contribution < -0.4 is 0 Å². The van der Waals surface area contributed by atoms with Gasteiger partial charge in [0.05, 0.1) is 12.2 Å². The zero-order chi connectivity index (χ0) is 7.84. The molecule has 0 saturated heterocycles. The molecule has 2 rings (SSSR count). The third-order valence-electron chi connectivity index (χ3n) is 3.00. The molecule has 2 heteroatoms. The van der Waals surface area contributed by atoms with Gasteiger partial charge >= 0.3 is 0 Å². The normalized spacial score (nSPS) is 49.3. The van der Waals surface area contributed by atoms with Crippen LogP contribution in [0, 0.1) is 11.8 Å². The van der Waals surface area contributed by atoms with E-state index in [1.165, 1.54) is 0 Å². The lowest BCUT2D eigenvalue weighted by Gasteiger charge is -2.24. The second kappa shape index (κ2) is 2.61. The average Bonchev–Trinajstić information content (AvgIpc) is 2.30. The minimum atomic E-state index is -0.264. The fourth-order valence-corrected chi connectivity index (χ4v) is 2.34. The third kappa shape index (κ3) is 1.10. The number of aliphatic hydroxyl groups is 2. The van der Waals surface area contributed by atoms with E-state index in [2.05, 4.69) is 12.2 Å². The molecule has 11 heavy (non-hydrogen) atoms. The number of allylic oxidation sites excluding steroid dienone is 2. The summed E-state index contributed by atoms with van der Waals surface area (Å²) in [5, 5.41) is 19.0. The second-order valence-corrected chi connectivity index (χ2v) is 3.64. The van der Waals surface area contributed by atoms with Gasteiger partial charge in [-0.2, -0.15) is 0 Å². The lowest BCUT2D eigenvalue weighted by atomic mass is 9.84. The minimum Gasteiger partial charge on any atom is -0.393 e. The summed E-state index contributed by atoms with van der Waals surface area (Å²) in [5.74, 6) is 0.657. The standard InChI is InChI=1S/C9H14O2/c10-8-5-9(11)7-4-2-1-3-6(7)8/h1-2,6-11H,3-5H2. The quantitative estimate of drug-likeness (QED) is 0.504. The molecule has 2 N–H and O–H groups in total. The largest absolute Gasteiger partial charge is 0.393 e. The van der Waals surface area contributed by atoms with Gasteiger partial charge in [0.1, 0.15) is 0 Å². The summed E-state index contributed by atoms with van der Waals surface area (Å²) >= 11 is 0. The van der Waals surface area contributed by atoms with Crippen LogP contribution in [0.2, 0.25) is 0 Å². The van der Waals surface area contributed by atoms with Gasteiger partial charge in [-0.15, -0.1) is 0 Å². The molecule has 0 bridgehead atoms. The molecule has 0 amide bonds. The monoisotopic (exact) mass is 154 g/mol. The maximum absolute atomic E-state index is 9.50. The predicted octanol–water partition coefficient (Wildman–Crippen LogP) is 0.694. The molecule has 0 heterocycles. The van der Waals surface area contributed by atoms with Crippen molar-refractivity contribution in [3.8, 4) is 0 Å². The number of hydrogen-bond acceptors (Lipinski definition) is 2. The van der Waals surface area contributed by atoms with Crippen LogP contribution in [0.4, 0.5) is 0 Å². The lowest BCUT2D eigenvalue weighted by Crippen LogP contribution is -2.23. The summed E-state index contributed by atoms with van der Waals surface area (Å²) < 4.78 is 0. The van der Waals surface area contributed by atoms with E-state index in [1.54, 1.807) is 0 Å². The summed E-state index contributed by atoms with van der Waals surface area (Å²) in [6.45, 7) is 0. The van der Waals surface area contributed by atoms with E-state index in [0.29, 0.717) is 18.3 Å². The van der Waals surface area contributed by atoms with Gasteiger partial charge in [0.15, 0.2) is 0 Å². The zero-order valence-electron chi connectivity index (χ0n) is 6.48. The molecule has 1 saturated carbocycles. The predicted molar refractivity (Wildman–Crippen MR) is 42.0 cm³/mol. The molecule has 0 aromatic carbocycles. The van der Waals surface area contributed by atoms with Crippen molar-refractivity contribution in [1.82, 2.24) is 0 Å². The van der Waals surface area contributed by atoms with Crippen molar-refractivity contribution < 1.29 is 10.2 Å². The van der Waals surface area contributed by atoms with Crippen molar-refractivity contribution in [3.63, 3.8) is 0 Å². The Labute approximate surface area is 66.5 Å². The summed E-state index contributed by atoms with van der Waals surface area (Å²) in [7, 11) is 0. The average molecular weight is 154 g/mol. The highest BCUT2D eigenvalue weighted by atomic mass is 16.3. The Morgan fingerprint density at radius 3 is 1.82 bits per heavy atom. The molecular formula is C9H14O2. The number of rotatable bonds is 0. The van der Waals surface area contributed by atoms with Crippen LogP contribution in [-0.2, 0) is 0 Å².